The first-order valence-electron chi connectivity index (χ1n) is 11.9. The van der Waals surface area contributed by atoms with Gasteiger partial charge >= 0.3 is 6.18 Å². The number of anilines is 2. The van der Waals surface area contributed by atoms with Crippen molar-refractivity contribution in [1.29, 1.82) is 0 Å². The number of nitrogens with one attached hydrogen (secondary N) is 1. The number of amides is 1. The minimum absolute atomic E-state index is 0.156. The number of benzene rings is 2. The molecule has 0 radical (unpaired) electrons. The van der Waals surface area contributed by atoms with E-state index < -0.39 is 17.7 Å². The Bertz CT molecular complexity index is 1240. The maximum absolute atomic E-state index is 13.4. The summed E-state index contributed by atoms with van der Waals surface area (Å²) < 4.78 is 40.3. The average molecular weight is 515 g/mol. The molecule has 1 amide bonds. The lowest BCUT2D eigenvalue weighted by molar-refractivity contribution is -0.137. The Morgan fingerprint density at radius 3 is 2.69 bits per heavy atom. The molecule has 0 unspecified atom stereocenters. The number of rotatable bonds is 5. The molecule has 0 aliphatic carbocycles. The number of hydrogen-bond acceptors (Lipinski definition) is 4. The fraction of sp³-hybridized carbons (Fsp3) is 0.333. The molecule has 1 saturated heterocycles. The van der Waals surface area contributed by atoms with Crippen molar-refractivity contribution in [3.05, 3.63) is 88.7 Å². The van der Waals surface area contributed by atoms with Crippen LogP contribution in [0.25, 0.3) is 0 Å². The van der Waals surface area contributed by atoms with E-state index in [1.807, 2.05) is 42.5 Å². The number of hydrogen-bond donors (Lipinski definition) is 1. The van der Waals surface area contributed by atoms with Crippen LogP contribution in [0, 0.1) is 5.92 Å². The summed E-state index contributed by atoms with van der Waals surface area (Å²) in [6, 6.07) is 16.9. The first-order valence-corrected chi connectivity index (χ1v) is 12.3. The summed E-state index contributed by atoms with van der Waals surface area (Å²) in [5.74, 6) is -0.649. The highest BCUT2D eigenvalue weighted by atomic mass is 35.5. The monoisotopic (exact) mass is 514 g/mol. The number of carbonyl (C=O) groups excluding carboxylic acids is 1. The van der Waals surface area contributed by atoms with Gasteiger partial charge in [-0.05, 0) is 60.5 Å². The average Bonchev–Trinajstić information content (AvgIpc) is 2.87. The second-order valence-corrected chi connectivity index (χ2v) is 9.64. The van der Waals surface area contributed by atoms with E-state index in [0.29, 0.717) is 43.2 Å². The molecule has 36 heavy (non-hydrogen) atoms. The SMILES string of the molecule is O=C(NCCc1ccccn1)[C@@H]1Cc2cc(C(F)(F)F)ccc2N2CCN(c3cccc(Cl)c3)C[C@@H]12. The van der Waals surface area contributed by atoms with Gasteiger partial charge in [-0.15, -0.1) is 0 Å². The Balaban J connectivity index is 1.40. The molecule has 2 atom stereocenters. The van der Waals surface area contributed by atoms with Crippen molar-refractivity contribution in [3.63, 3.8) is 0 Å². The number of piperazine rings is 1. The fourth-order valence-corrected chi connectivity index (χ4v) is 5.38. The van der Waals surface area contributed by atoms with Gasteiger partial charge in [-0.3, -0.25) is 9.78 Å². The van der Waals surface area contributed by atoms with E-state index in [1.165, 1.54) is 6.07 Å². The largest absolute Gasteiger partial charge is 0.416 e. The van der Waals surface area contributed by atoms with Crippen molar-refractivity contribution < 1.29 is 18.0 Å². The Hall–Kier alpha value is -3.26. The van der Waals surface area contributed by atoms with Gasteiger partial charge in [0.05, 0.1) is 17.5 Å². The second kappa shape index (κ2) is 10.0. The van der Waals surface area contributed by atoms with Gasteiger partial charge in [-0.25, -0.2) is 0 Å². The van der Waals surface area contributed by atoms with Crippen molar-refractivity contribution in [3.8, 4) is 0 Å². The fourth-order valence-electron chi connectivity index (χ4n) is 5.20. The van der Waals surface area contributed by atoms with E-state index in [9.17, 15) is 18.0 Å². The number of nitrogens with zero attached hydrogens (tertiary/aromatic N) is 3. The van der Waals surface area contributed by atoms with Crippen molar-refractivity contribution >= 4 is 28.9 Å². The molecule has 2 aliphatic heterocycles. The van der Waals surface area contributed by atoms with Gasteiger partial charge in [0, 0.05) is 60.9 Å². The highest BCUT2D eigenvalue weighted by Gasteiger charge is 2.42. The molecule has 188 valence electrons. The molecule has 5 nitrogen and oxygen atoms in total. The zero-order valence-corrected chi connectivity index (χ0v) is 20.3. The van der Waals surface area contributed by atoms with Gasteiger partial charge in [0.15, 0.2) is 0 Å². The standard InChI is InChI=1S/C27H26ClF3N4O/c28-20-4-3-6-22(16-20)34-12-13-35-24-8-7-19(27(29,30)31)14-18(24)15-23(25(35)17-34)26(36)33-11-9-21-5-1-2-10-32-21/h1-8,10,14,16,23,25H,9,11-13,15,17H2,(H,33,36)/t23-,25+/m1/s1. The Morgan fingerprint density at radius 2 is 1.94 bits per heavy atom. The summed E-state index contributed by atoms with van der Waals surface area (Å²) >= 11 is 6.21. The number of halogens is 4. The lowest BCUT2D eigenvalue weighted by atomic mass is 9.82. The molecule has 0 spiro atoms. The summed E-state index contributed by atoms with van der Waals surface area (Å²) in [6.07, 6.45) is -1.90. The number of carbonyl (C=O) groups is 1. The van der Waals surface area contributed by atoms with Crippen LogP contribution in [-0.2, 0) is 23.8 Å². The maximum atomic E-state index is 13.4. The van der Waals surface area contributed by atoms with Gasteiger partial charge in [-0.1, -0.05) is 23.7 Å². The molecule has 5 rings (SSSR count). The summed E-state index contributed by atoms with van der Waals surface area (Å²) in [4.78, 5) is 22.0. The number of aromatic nitrogens is 1. The quantitative estimate of drug-likeness (QED) is 0.522. The molecule has 3 aromatic rings. The van der Waals surface area contributed by atoms with Crippen LogP contribution in [0.2, 0.25) is 5.02 Å². The van der Waals surface area contributed by atoms with E-state index in [1.54, 1.807) is 12.3 Å². The summed E-state index contributed by atoms with van der Waals surface area (Å²) in [5, 5.41) is 3.64. The topological polar surface area (TPSA) is 48.5 Å². The van der Waals surface area contributed by atoms with Crippen LogP contribution in [-0.4, -0.2) is 43.1 Å². The van der Waals surface area contributed by atoms with Crippen molar-refractivity contribution in [2.75, 3.05) is 36.0 Å². The second-order valence-electron chi connectivity index (χ2n) is 9.20. The van der Waals surface area contributed by atoms with Crippen LogP contribution < -0.4 is 15.1 Å². The molecule has 2 aromatic carbocycles. The van der Waals surface area contributed by atoms with Crippen LogP contribution >= 0.6 is 11.6 Å². The van der Waals surface area contributed by atoms with Gasteiger partial charge in [0.2, 0.25) is 5.91 Å². The minimum Gasteiger partial charge on any atom is -0.368 e. The predicted molar refractivity (Wildman–Crippen MR) is 134 cm³/mol. The third-order valence-electron chi connectivity index (χ3n) is 6.96. The smallest absolute Gasteiger partial charge is 0.368 e. The molecular formula is C27H26ClF3N4O. The number of alkyl halides is 3. The van der Waals surface area contributed by atoms with Crippen LogP contribution in [0.15, 0.2) is 66.9 Å². The van der Waals surface area contributed by atoms with Gasteiger partial charge in [-0.2, -0.15) is 13.2 Å². The summed E-state index contributed by atoms with van der Waals surface area (Å²) in [5.41, 5.74) is 2.48. The van der Waals surface area contributed by atoms with Crippen molar-refractivity contribution in [1.82, 2.24) is 10.3 Å². The highest BCUT2D eigenvalue weighted by molar-refractivity contribution is 6.30. The Labute approximate surface area is 212 Å². The van der Waals surface area contributed by atoms with E-state index in [4.69, 9.17) is 11.6 Å². The zero-order chi connectivity index (χ0) is 25.3. The molecule has 3 heterocycles. The third-order valence-corrected chi connectivity index (χ3v) is 7.19. The summed E-state index contributed by atoms with van der Waals surface area (Å²) in [7, 11) is 0. The van der Waals surface area contributed by atoms with Gasteiger partial charge < -0.3 is 15.1 Å². The first kappa shape index (κ1) is 24.4. The summed E-state index contributed by atoms with van der Waals surface area (Å²) in [6.45, 7) is 2.24. The first-order chi connectivity index (χ1) is 17.3. The van der Waals surface area contributed by atoms with E-state index in [-0.39, 0.29) is 18.4 Å². The number of fused-ring (bicyclic) bond motifs is 3. The molecule has 9 heteroatoms. The number of pyridine rings is 1. The molecule has 1 aromatic heterocycles. The van der Waals surface area contributed by atoms with Crippen LogP contribution in [0.4, 0.5) is 24.5 Å². The van der Waals surface area contributed by atoms with Crippen LogP contribution in [0.3, 0.4) is 0 Å². The molecular weight excluding hydrogens is 489 g/mol. The van der Waals surface area contributed by atoms with Crippen molar-refractivity contribution in [2.24, 2.45) is 5.92 Å². The van der Waals surface area contributed by atoms with Gasteiger partial charge in [0.25, 0.3) is 0 Å². The highest BCUT2D eigenvalue weighted by Crippen LogP contribution is 2.40. The molecule has 2 aliphatic rings. The minimum atomic E-state index is -4.43. The molecule has 0 bridgehead atoms. The third kappa shape index (κ3) is 5.14. The normalized spacial score (nSPS) is 19.4. The van der Waals surface area contributed by atoms with Crippen molar-refractivity contribution in [2.45, 2.75) is 25.1 Å². The Morgan fingerprint density at radius 1 is 1.08 bits per heavy atom. The zero-order valence-electron chi connectivity index (χ0n) is 19.5. The Kier molecular flexibility index (Phi) is 6.79. The van der Waals surface area contributed by atoms with E-state index in [2.05, 4.69) is 20.1 Å². The molecule has 1 N–H and O–H groups in total. The maximum Gasteiger partial charge on any atom is 0.416 e. The lowest BCUT2D eigenvalue weighted by Crippen LogP contribution is -2.61. The van der Waals surface area contributed by atoms with E-state index >= 15 is 0 Å². The van der Waals surface area contributed by atoms with Crippen LogP contribution in [0.1, 0.15) is 16.8 Å². The van der Waals surface area contributed by atoms with Gasteiger partial charge in [0.1, 0.15) is 0 Å². The predicted octanol–water partition coefficient (Wildman–Crippen LogP) is 4.98. The van der Waals surface area contributed by atoms with Crippen LogP contribution in [0.5, 0.6) is 0 Å². The lowest BCUT2D eigenvalue weighted by Gasteiger charge is -2.49. The molecule has 1 fully saturated rings. The van der Waals surface area contributed by atoms with E-state index in [0.717, 1.165) is 23.1 Å². The molecule has 0 saturated carbocycles.